The first-order valence-electron chi connectivity index (χ1n) is 12.4. The number of fused-ring (bicyclic) bond motifs is 1. The predicted octanol–water partition coefficient (Wildman–Crippen LogP) is 4.95. The number of hydrogen-bond donors (Lipinski definition) is 2. The predicted molar refractivity (Wildman–Crippen MR) is 130 cm³/mol. The van der Waals surface area contributed by atoms with Crippen LogP contribution in [0.1, 0.15) is 74.4 Å². The van der Waals surface area contributed by atoms with Gasteiger partial charge in [0.1, 0.15) is 0 Å². The number of carbonyl (C=O) groups excluding carboxylic acids is 1. The summed E-state index contributed by atoms with van der Waals surface area (Å²) in [5, 5.41) is 11.9. The van der Waals surface area contributed by atoms with Crippen LogP contribution in [-0.4, -0.2) is 44.1 Å². The minimum absolute atomic E-state index is 0.287. The van der Waals surface area contributed by atoms with Crippen LogP contribution < -0.4 is 5.32 Å². The first-order valence-corrected chi connectivity index (χ1v) is 12.4. The number of aryl methyl sites for hydroxylation is 1. The average Bonchev–Trinajstić information content (AvgIpc) is 3.26. The lowest BCUT2D eigenvalue weighted by Crippen LogP contribution is -2.40. The molecule has 3 aromatic rings. The van der Waals surface area contributed by atoms with Gasteiger partial charge in [0, 0.05) is 36.8 Å². The van der Waals surface area contributed by atoms with E-state index < -0.39 is 0 Å². The highest BCUT2D eigenvalue weighted by molar-refractivity contribution is 5.87. The lowest BCUT2D eigenvalue weighted by atomic mass is 9.86. The maximum atomic E-state index is 12.9. The highest BCUT2D eigenvalue weighted by Crippen LogP contribution is 2.31. The topological polar surface area (TPSA) is 86.8 Å². The highest BCUT2D eigenvalue weighted by Gasteiger charge is 2.28. The lowest BCUT2D eigenvalue weighted by molar-refractivity contribution is -0.133. The molecule has 0 radical (unpaired) electrons. The van der Waals surface area contributed by atoms with E-state index in [1.165, 1.54) is 32.1 Å². The summed E-state index contributed by atoms with van der Waals surface area (Å²) in [6.07, 6.45) is 9.18. The van der Waals surface area contributed by atoms with Gasteiger partial charge in [-0.3, -0.25) is 14.9 Å². The minimum Gasteiger partial charge on any atom is -0.362 e. The van der Waals surface area contributed by atoms with E-state index in [4.69, 9.17) is 4.98 Å². The smallest absolute Gasteiger partial charge is 0.222 e. The molecule has 1 saturated heterocycles. The number of nitrogens with zero attached hydrogens (tertiary/aromatic N) is 4. The number of anilines is 1. The molecule has 1 saturated carbocycles. The summed E-state index contributed by atoms with van der Waals surface area (Å²) >= 11 is 0. The number of nitrogens with one attached hydrogen (secondary N) is 2. The van der Waals surface area contributed by atoms with E-state index in [1.54, 1.807) is 0 Å². The van der Waals surface area contributed by atoms with E-state index in [1.807, 2.05) is 25.1 Å². The largest absolute Gasteiger partial charge is 0.362 e. The van der Waals surface area contributed by atoms with Gasteiger partial charge in [-0.25, -0.2) is 4.98 Å². The molecular formula is C26H34N6O. The average molecular weight is 447 g/mol. The summed E-state index contributed by atoms with van der Waals surface area (Å²) in [7, 11) is 0. The Morgan fingerprint density at radius 2 is 1.97 bits per heavy atom. The summed E-state index contributed by atoms with van der Waals surface area (Å²) in [5.41, 5.74) is 3.83. The molecule has 7 heteroatoms. The fraction of sp³-hybridized carbons (Fsp3) is 0.538. The van der Waals surface area contributed by atoms with Crippen molar-refractivity contribution in [3.8, 4) is 0 Å². The van der Waals surface area contributed by atoms with Gasteiger partial charge in [0.2, 0.25) is 5.91 Å². The monoisotopic (exact) mass is 446 g/mol. The molecule has 7 nitrogen and oxygen atoms in total. The molecule has 0 spiro atoms. The number of hydrogen-bond acceptors (Lipinski definition) is 5. The summed E-state index contributed by atoms with van der Waals surface area (Å²) in [6.45, 7) is 4.27. The normalized spacial score (nSPS) is 19.7. The standard InChI is InChI=1S/C26H34N6O/c1-18-7-5-11-21(28-18)16-27-25-22-12-13-23(29-26(22)31-30-25)20-10-6-14-32(17-20)24(33)15-19-8-3-2-4-9-19/h5,7,11-13,19-20H,2-4,6,8-10,14-17H2,1H3,(H2,27,29,30,31). The van der Waals surface area contributed by atoms with Gasteiger partial charge in [-0.2, -0.15) is 5.10 Å². The zero-order valence-electron chi connectivity index (χ0n) is 19.5. The van der Waals surface area contributed by atoms with Crippen molar-refractivity contribution in [2.24, 2.45) is 5.92 Å². The molecular weight excluding hydrogens is 412 g/mol. The first kappa shape index (κ1) is 21.9. The fourth-order valence-corrected chi connectivity index (χ4v) is 5.37. The molecule has 33 heavy (non-hydrogen) atoms. The van der Waals surface area contributed by atoms with Crippen molar-refractivity contribution in [1.82, 2.24) is 25.1 Å². The van der Waals surface area contributed by atoms with E-state index in [-0.39, 0.29) is 5.92 Å². The van der Waals surface area contributed by atoms with Crippen molar-refractivity contribution in [3.05, 3.63) is 47.4 Å². The summed E-state index contributed by atoms with van der Waals surface area (Å²) in [5.74, 6) is 2.01. The lowest BCUT2D eigenvalue weighted by Gasteiger charge is -2.34. The Kier molecular flexibility index (Phi) is 6.55. The van der Waals surface area contributed by atoms with Gasteiger partial charge >= 0.3 is 0 Å². The molecule has 3 aromatic heterocycles. The van der Waals surface area contributed by atoms with E-state index in [0.717, 1.165) is 66.3 Å². The van der Waals surface area contributed by atoms with Gasteiger partial charge in [-0.05, 0) is 62.8 Å². The number of amides is 1. The zero-order chi connectivity index (χ0) is 22.6. The van der Waals surface area contributed by atoms with Crippen molar-refractivity contribution in [3.63, 3.8) is 0 Å². The van der Waals surface area contributed by atoms with Gasteiger partial charge in [0.25, 0.3) is 0 Å². The molecule has 2 N–H and O–H groups in total. The number of aromatic amines is 1. The molecule has 4 heterocycles. The molecule has 1 unspecified atom stereocenters. The van der Waals surface area contributed by atoms with Crippen LogP contribution in [-0.2, 0) is 11.3 Å². The third-order valence-corrected chi connectivity index (χ3v) is 7.21. The summed E-state index contributed by atoms with van der Waals surface area (Å²) in [6, 6.07) is 10.2. The van der Waals surface area contributed by atoms with Crippen LogP contribution >= 0.6 is 0 Å². The molecule has 1 atom stereocenters. The minimum atomic E-state index is 0.287. The van der Waals surface area contributed by atoms with Gasteiger partial charge < -0.3 is 10.2 Å². The number of H-pyrrole nitrogens is 1. The molecule has 0 bridgehead atoms. The number of likely N-dealkylation sites (tertiary alicyclic amines) is 1. The van der Waals surface area contributed by atoms with Gasteiger partial charge in [0.15, 0.2) is 11.5 Å². The Morgan fingerprint density at radius 3 is 2.82 bits per heavy atom. The Bertz CT molecular complexity index is 1100. The first-order chi connectivity index (χ1) is 16.2. The van der Waals surface area contributed by atoms with Crippen molar-refractivity contribution in [1.29, 1.82) is 0 Å². The van der Waals surface area contributed by atoms with E-state index in [9.17, 15) is 4.79 Å². The van der Waals surface area contributed by atoms with E-state index in [0.29, 0.717) is 18.4 Å². The zero-order valence-corrected chi connectivity index (χ0v) is 19.5. The van der Waals surface area contributed by atoms with Crippen LogP contribution in [0.15, 0.2) is 30.3 Å². The molecule has 174 valence electrons. The van der Waals surface area contributed by atoms with E-state index in [2.05, 4.69) is 37.5 Å². The summed E-state index contributed by atoms with van der Waals surface area (Å²) in [4.78, 5) is 24.5. The SMILES string of the molecule is Cc1cccc(CNc2n[nH]c3nc(C4CCCN(C(=O)CC5CCCCC5)C4)ccc23)n1. The third-order valence-electron chi connectivity index (χ3n) is 7.21. The van der Waals surface area contributed by atoms with Crippen molar-refractivity contribution >= 4 is 22.8 Å². The quantitative estimate of drug-likeness (QED) is 0.559. The van der Waals surface area contributed by atoms with Crippen molar-refractivity contribution in [2.75, 3.05) is 18.4 Å². The van der Waals surface area contributed by atoms with Gasteiger partial charge in [-0.15, -0.1) is 0 Å². The Balaban J connectivity index is 1.23. The second-order valence-corrected chi connectivity index (χ2v) is 9.72. The number of piperidine rings is 1. The van der Waals surface area contributed by atoms with Crippen molar-refractivity contribution in [2.45, 2.75) is 70.8 Å². The number of aromatic nitrogens is 4. The molecule has 1 aliphatic heterocycles. The van der Waals surface area contributed by atoms with Crippen molar-refractivity contribution < 1.29 is 4.79 Å². The van der Waals surface area contributed by atoms with Crippen LogP contribution in [0, 0.1) is 12.8 Å². The maximum absolute atomic E-state index is 12.9. The van der Waals surface area contributed by atoms with Crippen LogP contribution in [0.3, 0.4) is 0 Å². The third kappa shape index (κ3) is 5.18. The Labute approximate surface area is 195 Å². The maximum Gasteiger partial charge on any atom is 0.222 e. The number of carbonyl (C=O) groups is 1. The van der Waals surface area contributed by atoms with E-state index >= 15 is 0 Å². The van der Waals surface area contributed by atoms with Crippen LogP contribution in [0.4, 0.5) is 5.82 Å². The molecule has 1 aliphatic carbocycles. The van der Waals surface area contributed by atoms with Crippen LogP contribution in [0.5, 0.6) is 0 Å². The molecule has 1 amide bonds. The second-order valence-electron chi connectivity index (χ2n) is 9.72. The van der Waals surface area contributed by atoms with Crippen LogP contribution in [0.2, 0.25) is 0 Å². The second kappa shape index (κ2) is 9.89. The highest BCUT2D eigenvalue weighted by atomic mass is 16.2. The number of pyridine rings is 2. The Morgan fingerprint density at radius 1 is 1.09 bits per heavy atom. The van der Waals surface area contributed by atoms with Crippen LogP contribution in [0.25, 0.3) is 11.0 Å². The molecule has 5 rings (SSSR count). The fourth-order valence-electron chi connectivity index (χ4n) is 5.37. The number of rotatable bonds is 6. The van der Waals surface area contributed by atoms with Gasteiger partial charge in [-0.1, -0.05) is 25.3 Å². The summed E-state index contributed by atoms with van der Waals surface area (Å²) < 4.78 is 0. The molecule has 0 aromatic carbocycles. The molecule has 2 fully saturated rings. The Hall–Kier alpha value is -2.96. The molecule has 2 aliphatic rings. The van der Waals surface area contributed by atoms with Gasteiger partial charge in [0.05, 0.1) is 17.6 Å².